The number of hydrogen-bond donors (Lipinski definition) is 2. The zero-order valence-corrected chi connectivity index (χ0v) is 21.4. The van der Waals surface area contributed by atoms with Gasteiger partial charge >= 0.3 is 12.1 Å². The SMILES string of the molecule is CCN(C(=O)Nc1ccc(CC2=CC=C(NC(=O)N(C(C)C)C(C)C)CCC2)cc1)C(C)C. The van der Waals surface area contributed by atoms with Crippen LogP contribution in [0.4, 0.5) is 15.3 Å². The van der Waals surface area contributed by atoms with Gasteiger partial charge in [0, 0.05) is 36.1 Å². The lowest BCUT2D eigenvalue weighted by Gasteiger charge is -2.31. The molecule has 1 aromatic carbocycles. The van der Waals surface area contributed by atoms with Gasteiger partial charge in [0.1, 0.15) is 0 Å². The molecule has 4 amide bonds. The van der Waals surface area contributed by atoms with Gasteiger partial charge in [0.15, 0.2) is 0 Å². The van der Waals surface area contributed by atoms with E-state index in [1.807, 2.05) is 65.5 Å². The molecule has 0 atom stereocenters. The predicted octanol–water partition coefficient (Wildman–Crippen LogP) is 6.31. The highest BCUT2D eigenvalue weighted by molar-refractivity contribution is 5.89. The zero-order chi connectivity index (χ0) is 24.5. The van der Waals surface area contributed by atoms with Gasteiger partial charge in [-0.25, -0.2) is 9.59 Å². The van der Waals surface area contributed by atoms with Crippen molar-refractivity contribution in [3.63, 3.8) is 0 Å². The van der Waals surface area contributed by atoms with Crippen molar-refractivity contribution in [3.8, 4) is 0 Å². The molecule has 2 N–H and O–H groups in total. The summed E-state index contributed by atoms with van der Waals surface area (Å²) in [6, 6.07) is 8.46. The number of amides is 4. The molecule has 0 aromatic heterocycles. The van der Waals surface area contributed by atoms with Gasteiger partial charge in [0.25, 0.3) is 0 Å². The van der Waals surface area contributed by atoms with Crippen LogP contribution in [0.3, 0.4) is 0 Å². The highest BCUT2D eigenvalue weighted by Crippen LogP contribution is 2.22. The summed E-state index contributed by atoms with van der Waals surface area (Å²) in [5.74, 6) is 0. The van der Waals surface area contributed by atoms with Gasteiger partial charge in [0.05, 0.1) is 0 Å². The first-order valence-corrected chi connectivity index (χ1v) is 12.3. The van der Waals surface area contributed by atoms with Crippen LogP contribution >= 0.6 is 0 Å². The van der Waals surface area contributed by atoms with E-state index >= 15 is 0 Å². The van der Waals surface area contributed by atoms with Crippen molar-refractivity contribution < 1.29 is 9.59 Å². The quantitative estimate of drug-likeness (QED) is 0.483. The van der Waals surface area contributed by atoms with Crippen molar-refractivity contribution in [2.75, 3.05) is 11.9 Å². The average Bonchev–Trinajstić information content (AvgIpc) is 2.94. The molecule has 182 valence electrons. The Balaban J connectivity index is 1.99. The number of carbonyl (C=O) groups is 2. The Morgan fingerprint density at radius 2 is 1.48 bits per heavy atom. The molecule has 1 aliphatic carbocycles. The summed E-state index contributed by atoms with van der Waals surface area (Å²) in [4.78, 5) is 28.8. The maximum Gasteiger partial charge on any atom is 0.322 e. The Morgan fingerprint density at radius 1 is 0.848 bits per heavy atom. The van der Waals surface area contributed by atoms with Crippen LogP contribution in [0.5, 0.6) is 0 Å². The van der Waals surface area contributed by atoms with Gasteiger partial charge in [-0.05, 0) is 97.9 Å². The summed E-state index contributed by atoms with van der Waals surface area (Å²) in [5.41, 5.74) is 4.34. The Labute approximate surface area is 200 Å². The van der Waals surface area contributed by atoms with Crippen LogP contribution in [0, 0.1) is 0 Å². The first kappa shape index (κ1) is 26.5. The van der Waals surface area contributed by atoms with E-state index in [2.05, 4.69) is 34.9 Å². The number of nitrogens with one attached hydrogen (secondary N) is 2. The van der Waals surface area contributed by atoms with Crippen molar-refractivity contribution in [3.05, 3.63) is 53.3 Å². The lowest BCUT2D eigenvalue weighted by Crippen LogP contribution is -2.47. The molecule has 0 heterocycles. The Hall–Kier alpha value is -2.76. The lowest BCUT2D eigenvalue weighted by atomic mass is 10.0. The summed E-state index contributed by atoms with van der Waals surface area (Å²) < 4.78 is 0. The molecule has 1 aromatic rings. The molecular formula is C27H42N4O2. The second kappa shape index (κ2) is 12.5. The third kappa shape index (κ3) is 7.95. The van der Waals surface area contributed by atoms with E-state index in [0.29, 0.717) is 6.54 Å². The maximum absolute atomic E-state index is 12.7. The molecule has 0 radical (unpaired) electrons. The van der Waals surface area contributed by atoms with Gasteiger partial charge in [0.2, 0.25) is 0 Å². The zero-order valence-electron chi connectivity index (χ0n) is 21.4. The van der Waals surface area contributed by atoms with E-state index in [4.69, 9.17) is 0 Å². The molecule has 33 heavy (non-hydrogen) atoms. The topological polar surface area (TPSA) is 64.7 Å². The normalized spacial score (nSPS) is 14.0. The fourth-order valence-corrected chi connectivity index (χ4v) is 4.32. The highest BCUT2D eigenvalue weighted by Gasteiger charge is 2.21. The fraction of sp³-hybridized carbons (Fsp3) is 0.556. The Bertz CT molecular complexity index is 845. The molecule has 0 saturated carbocycles. The Morgan fingerprint density at radius 3 is 2.03 bits per heavy atom. The standard InChI is InChI=1S/C27H42N4O2/c1-8-30(19(2)3)26(32)28-25-16-13-23(14-17-25)18-22-10-9-11-24(15-12-22)29-27(33)31(20(4)5)21(6)7/h12-17,19-21H,8-11,18H2,1-7H3,(H,28,32)(H,29,33). The van der Waals surface area contributed by atoms with E-state index in [0.717, 1.165) is 37.1 Å². The van der Waals surface area contributed by atoms with Gasteiger partial charge in [-0.2, -0.15) is 0 Å². The van der Waals surface area contributed by atoms with E-state index in [1.54, 1.807) is 4.90 Å². The summed E-state index contributed by atoms with van der Waals surface area (Å²) in [6.45, 7) is 14.9. The first-order valence-electron chi connectivity index (χ1n) is 12.3. The first-order chi connectivity index (χ1) is 15.6. The van der Waals surface area contributed by atoms with Crippen molar-refractivity contribution >= 4 is 17.7 Å². The number of benzene rings is 1. The second-order valence-corrected chi connectivity index (χ2v) is 9.58. The van der Waals surface area contributed by atoms with E-state index in [1.165, 1.54) is 11.1 Å². The summed E-state index contributed by atoms with van der Waals surface area (Å²) in [7, 11) is 0. The molecule has 0 spiro atoms. The van der Waals surface area contributed by atoms with Crippen LogP contribution in [0.2, 0.25) is 0 Å². The number of hydrogen-bond acceptors (Lipinski definition) is 2. The second-order valence-electron chi connectivity index (χ2n) is 9.58. The molecule has 0 aliphatic heterocycles. The van der Waals surface area contributed by atoms with Crippen molar-refractivity contribution in [2.45, 2.75) is 92.3 Å². The largest absolute Gasteiger partial charge is 0.322 e. The van der Waals surface area contributed by atoms with Crippen LogP contribution < -0.4 is 10.6 Å². The van der Waals surface area contributed by atoms with Gasteiger partial charge in [-0.15, -0.1) is 0 Å². The highest BCUT2D eigenvalue weighted by atomic mass is 16.2. The minimum absolute atomic E-state index is 0.0279. The van der Waals surface area contributed by atoms with Crippen molar-refractivity contribution in [2.24, 2.45) is 0 Å². The summed E-state index contributed by atoms with van der Waals surface area (Å²) in [5, 5.41) is 6.10. The van der Waals surface area contributed by atoms with Crippen LogP contribution in [-0.2, 0) is 6.42 Å². The molecule has 0 unspecified atom stereocenters. The molecule has 1 aliphatic rings. The summed E-state index contributed by atoms with van der Waals surface area (Å²) >= 11 is 0. The average molecular weight is 455 g/mol. The number of rotatable bonds is 8. The molecule has 0 bridgehead atoms. The number of allylic oxidation sites excluding steroid dienone is 4. The van der Waals surface area contributed by atoms with Gasteiger partial charge < -0.3 is 20.4 Å². The number of carbonyl (C=O) groups excluding carboxylic acids is 2. The third-order valence-corrected chi connectivity index (χ3v) is 5.94. The molecular weight excluding hydrogens is 412 g/mol. The van der Waals surface area contributed by atoms with Crippen LogP contribution in [-0.4, -0.2) is 46.5 Å². The van der Waals surface area contributed by atoms with E-state index in [-0.39, 0.29) is 30.2 Å². The van der Waals surface area contributed by atoms with Crippen LogP contribution in [0.15, 0.2) is 47.7 Å². The molecule has 6 heteroatoms. The molecule has 0 saturated heterocycles. The van der Waals surface area contributed by atoms with E-state index < -0.39 is 0 Å². The van der Waals surface area contributed by atoms with E-state index in [9.17, 15) is 9.59 Å². The molecule has 6 nitrogen and oxygen atoms in total. The minimum Gasteiger partial charge on any atom is -0.322 e. The third-order valence-electron chi connectivity index (χ3n) is 5.94. The predicted molar refractivity (Wildman–Crippen MR) is 137 cm³/mol. The summed E-state index contributed by atoms with van der Waals surface area (Å²) in [6.07, 6.45) is 7.95. The smallest absolute Gasteiger partial charge is 0.322 e. The van der Waals surface area contributed by atoms with Gasteiger partial charge in [-0.3, -0.25) is 0 Å². The molecule has 2 rings (SSSR count). The van der Waals surface area contributed by atoms with Crippen LogP contribution in [0.1, 0.15) is 73.3 Å². The number of anilines is 1. The van der Waals surface area contributed by atoms with Gasteiger partial charge in [-0.1, -0.05) is 23.8 Å². The number of nitrogens with zero attached hydrogens (tertiary/aromatic N) is 2. The van der Waals surface area contributed by atoms with Crippen molar-refractivity contribution in [1.29, 1.82) is 0 Å². The van der Waals surface area contributed by atoms with Crippen LogP contribution in [0.25, 0.3) is 0 Å². The Kier molecular flexibility index (Phi) is 10.0. The monoisotopic (exact) mass is 454 g/mol. The number of urea groups is 2. The lowest BCUT2D eigenvalue weighted by molar-refractivity contribution is 0.167. The maximum atomic E-state index is 12.7. The van der Waals surface area contributed by atoms with Crippen molar-refractivity contribution in [1.82, 2.24) is 15.1 Å². The molecule has 0 fully saturated rings. The minimum atomic E-state index is -0.0695. The fourth-order valence-electron chi connectivity index (χ4n) is 4.32.